The second-order valence-electron chi connectivity index (χ2n) is 6.41. The van der Waals surface area contributed by atoms with E-state index in [-0.39, 0.29) is 12.2 Å². The Kier molecular flexibility index (Phi) is 7.15. The number of hydrogen-bond donors (Lipinski definition) is 1. The summed E-state index contributed by atoms with van der Waals surface area (Å²) in [7, 11) is 0. The Balaban J connectivity index is 2.73. The summed E-state index contributed by atoms with van der Waals surface area (Å²) >= 11 is 0. The zero-order valence-corrected chi connectivity index (χ0v) is 13.5. The van der Waals surface area contributed by atoms with E-state index in [4.69, 9.17) is 9.47 Å². The Morgan fingerprint density at radius 2 is 1.48 bits per heavy atom. The summed E-state index contributed by atoms with van der Waals surface area (Å²) in [6.07, 6.45) is 2.82. The third-order valence-electron chi connectivity index (χ3n) is 3.69. The van der Waals surface area contributed by atoms with Crippen molar-refractivity contribution < 1.29 is 24.2 Å². The normalized spacial score (nSPS) is 18.8. The van der Waals surface area contributed by atoms with E-state index in [2.05, 4.69) is 0 Å². The molecule has 5 heteroatoms. The number of carbonyl (C=O) groups is 2. The maximum Gasteiger partial charge on any atom is 0.336 e. The van der Waals surface area contributed by atoms with Crippen LogP contribution in [0.4, 0.5) is 0 Å². The molecule has 5 nitrogen and oxygen atoms in total. The van der Waals surface area contributed by atoms with Crippen LogP contribution < -0.4 is 0 Å². The van der Waals surface area contributed by atoms with E-state index in [1.54, 1.807) is 27.7 Å². The van der Waals surface area contributed by atoms with Gasteiger partial charge in [0.2, 0.25) is 0 Å². The lowest BCUT2D eigenvalue weighted by molar-refractivity contribution is -0.171. The fourth-order valence-electron chi connectivity index (χ4n) is 2.75. The quantitative estimate of drug-likeness (QED) is 0.731. The summed E-state index contributed by atoms with van der Waals surface area (Å²) in [5.41, 5.74) is 0. The highest BCUT2D eigenvalue weighted by Gasteiger charge is 2.37. The summed E-state index contributed by atoms with van der Waals surface area (Å²) in [5.74, 6) is -1.71. The van der Waals surface area contributed by atoms with Crippen LogP contribution in [0.2, 0.25) is 0 Å². The molecule has 122 valence electrons. The second kappa shape index (κ2) is 8.37. The fraction of sp³-hybridized carbons (Fsp3) is 0.875. The lowest BCUT2D eigenvalue weighted by atomic mass is 9.89. The van der Waals surface area contributed by atoms with Crippen molar-refractivity contribution in [1.29, 1.82) is 0 Å². The van der Waals surface area contributed by atoms with Crippen LogP contribution in [0.5, 0.6) is 0 Å². The van der Waals surface area contributed by atoms with Gasteiger partial charge in [-0.15, -0.1) is 0 Å². The van der Waals surface area contributed by atoms with Crippen LogP contribution in [0.15, 0.2) is 0 Å². The van der Waals surface area contributed by atoms with Gasteiger partial charge in [-0.3, -0.25) is 4.79 Å². The fourth-order valence-corrected chi connectivity index (χ4v) is 2.75. The molecule has 1 aliphatic carbocycles. The number of hydrogen-bond acceptors (Lipinski definition) is 5. The van der Waals surface area contributed by atoms with Crippen molar-refractivity contribution in [2.24, 2.45) is 11.8 Å². The molecule has 0 radical (unpaired) electrons. The Bertz CT molecular complexity index is 345. The topological polar surface area (TPSA) is 72.8 Å². The van der Waals surface area contributed by atoms with Gasteiger partial charge in [-0.25, -0.2) is 4.79 Å². The van der Waals surface area contributed by atoms with Crippen LogP contribution in [-0.2, 0) is 19.1 Å². The van der Waals surface area contributed by atoms with Crippen LogP contribution in [-0.4, -0.2) is 35.4 Å². The smallest absolute Gasteiger partial charge is 0.336 e. The van der Waals surface area contributed by atoms with Gasteiger partial charge in [0.1, 0.15) is 0 Å². The summed E-state index contributed by atoms with van der Waals surface area (Å²) in [4.78, 5) is 24.1. The third kappa shape index (κ3) is 6.04. The average molecular weight is 300 g/mol. The maximum atomic E-state index is 12.2. The number of rotatable bonds is 7. The van der Waals surface area contributed by atoms with Crippen molar-refractivity contribution in [3.63, 3.8) is 0 Å². The molecule has 1 aliphatic rings. The van der Waals surface area contributed by atoms with Gasteiger partial charge in [-0.05, 0) is 40.0 Å². The summed E-state index contributed by atoms with van der Waals surface area (Å²) < 4.78 is 10.2. The number of ether oxygens (including phenoxy) is 2. The van der Waals surface area contributed by atoms with Crippen molar-refractivity contribution >= 4 is 11.9 Å². The number of aliphatic hydroxyl groups is 1. The predicted octanol–water partition coefficient (Wildman–Crippen LogP) is 2.45. The molecule has 1 unspecified atom stereocenters. The predicted molar refractivity (Wildman–Crippen MR) is 78.5 cm³/mol. The zero-order valence-electron chi connectivity index (χ0n) is 13.5. The molecule has 0 bridgehead atoms. The molecule has 0 amide bonds. The minimum absolute atomic E-state index is 0.267. The minimum atomic E-state index is -1.45. The van der Waals surface area contributed by atoms with Gasteiger partial charge in [-0.1, -0.05) is 25.7 Å². The molecule has 0 aliphatic heterocycles. The first-order valence-electron chi connectivity index (χ1n) is 7.90. The van der Waals surface area contributed by atoms with Crippen LogP contribution >= 0.6 is 0 Å². The lowest BCUT2D eigenvalue weighted by Crippen LogP contribution is -2.39. The van der Waals surface area contributed by atoms with Gasteiger partial charge in [0.25, 0.3) is 0 Å². The van der Waals surface area contributed by atoms with Crippen molar-refractivity contribution in [2.75, 3.05) is 0 Å². The molecule has 1 N–H and O–H groups in total. The Morgan fingerprint density at radius 3 is 1.95 bits per heavy atom. The van der Waals surface area contributed by atoms with E-state index >= 15 is 0 Å². The van der Waals surface area contributed by atoms with E-state index in [1.807, 2.05) is 0 Å². The van der Waals surface area contributed by atoms with E-state index in [0.717, 1.165) is 25.7 Å². The van der Waals surface area contributed by atoms with E-state index in [0.29, 0.717) is 12.3 Å². The van der Waals surface area contributed by atoms with Gasteiger partial charge >= 0.3 is 11.9 Å². The maximum absolute atomic E-state index is 12.2. The molecule has 0 aromatic heterocycles. The van der Waals surface area contributed by atoms with Gasteiger partial charge < -0.3 is 14.6 Å². The van der Waals surface area contributed by atoms with Crippen LogP contribution in [0.1, 0.15) is 59.8 Å². The molecule has 0 aromatic rings. The highest BCUT2D eigenvalue weighted by Crippen LogP contribution is 2.32. The minimum Gasteiger partial charge on any atom is -0.463 e. The lowest BCUT2D eigenvalue weighted by Gasteiger charge is -2.24. The molecular formula is C16H28O5. The Hall–Kier alpha value is -1.10. The summed E-state index contributed by atoms with van der Waals surface area (Å²) in [5, 5.41) is 10.2. The number of aliphatic hydroxyl groups excluding tert-OH is 1. The molecular weight excluding hydrogens is 272 g/mol. The molecule has 0 heterocycles. The van der Waals surface area contributed by atoms with Crippen molar-refractivity contribution in [3.05, 3.63) is 0 Å². The Morgan fingerprint density at radius 1 is 1.00 bits per heavy atom. The first-order valence-corrected chi connectivity index (χ1v) is 7.90. The average Bonchev–Trinajstić information content (AvgIpc) is 2.86. The van der Waals surface area contributed by atoms with Crippen LogP contribution in [0.3, 0.4) is 0 Å². The van der Waals surface area contributed by atoms with Gasteiger partial charge in [0.05, 0.1) is 18.1 Å². The second-order valence-corrected chi connectivity index (χ2v) is 6.41. The molecule has 1 saturated carbocycles. The molecule has 0 aromatic carbocycles. The highest BCUT2D eigenvalue weighted by atomic mass is 16.6. The molecule has 2 atom stereocenters. The van der Waals surface area contributed by atoms with Gasteiger partial charge in [0, 0.05) is 0 Å². The molecule has 1 fully saturated rings. The summed E-state index contributed by atoms with van der Waals surface area (Å²) in [6.45, 7) is 6.93. The molecule has 0 spiro atoms. The Labute approximate surface area is 127 Å². The third-order valence-corrected chi connectivity index (χ3v) is 3.69. The first-order chi connectivity index (χ1) is 9.81. The first kappa shape index (κ1) is 18.0. The van der Waals surface area contributed by atoms with E-state index in [1.165, 1.54) is 0 Å². The van der Waals surface area contributed by atoms with Crippen molar-refractivity contribution in [3.8, 4) is 0 Å². The number of esters is 2. The highest BCUT2D eigenvalue weighted by molar-refractivity contribution is 5.83. The molecule has 21 heavy (non-hydrogen) atoms. The van der Waals surface area contributed by atoms with Crippen molar-refractivity contribution in [2.45, 2.75) is 78.1 Å². The van der Waals surface area contributed by atoms with Gasteiger partial charge in [0.15, 0.2) is 6.10 Å². The van der Waals surface area contributed by atoms with E-state index < -0.39 is 24.0 Å². The van der Waals surface area contributed by atoms with Gasteiger partial charge in [-0.2, -0.15) is 0 Å². The molecule has 1 rings (SSSR count). The monoisotopic (exact) mass is 300 g/mol. The largest absolute Gasteiger partial charge is 0.463 e. The SMILES string of the molecule is CC(C)OC(=O)C(CC1CCCC1)[C@H](O)C(=O)OC(C)C. The zero-order chi connectivity index (χ0) is 16.0. The van der Waals surface area contributed by atoms with E-state index in [9.17, 15) is 14.7 Å². The number of carbonyl (C=O) groups excluding carboxylic acids is 2. The van der Waals surface area contributed by atoms with Crippen LogP contribution in [0.25, 0.3) is 0 Å². The summed E-state index contributed by atoms with van der Waals surface area (Å²) in [6, 6.07) is 0. The molecule has 0 saturated heterocycles. The van der Waals surface area contributed by atoms with Crippen LogP contribution in [0, 0.1) is 11.8 Å². The van der Waals surface area contributed by atoms with Crippen molar-refractivity contribution in [1.82, 2.24) is 0 Å². The standard InChI is InChI=1S/C16H28O5/c1-10(2)20-15(18)13(9-12-7-5-6-8-12)14(17)16(19)21-11(3)4/h10-14,17H,5-9H2,1-4H3/t13?,14-/m0/s1.